The van der Waals surface area contributed by atoms with Gasteiger partial charge in [-0.15, -0.1) is 40.5 Å². The molecule has 1 N–H and O–H groups in total. The first-order valence-electron chi connectivity index (χ1n) is 17.2. The fourth-order valence-electron chi connectivity index (χ4n) is 5.94. The molecule has 1 radical (unpaired) electrons. The maximum Gasteiger partial charge on any atom is 0.162 e. The molecular formula is C40H51IrN2O2SSi-. The Hall–Kier alpha value is -2.70. The Morgan fingerprint density at radius 2 is 1.60 bits per heavy atom. The van der Waals surface area contributed by atoms with Gasteiger partial charge in [0.1, 0.15) is 7.67 Å². The van der Waals surface area contributed by atoms with Crippen LogP contribution in [0, 0.1) is 17.9 Å². The summed E-state index contributed by atoms with van der Waals surface area (Å²) in [4.78, 5) is 20.9. The van der Waals surface area contributed by atoms with Crippen molar-refractivity contribution in [1.82, 2.24) is 9.97 Å². The number of ketones is 1. The molecule has 4 nitrogen and oxygen atoms in total. The van der Waals surface area contributed by atoms with Crippen LogP contribution in [-0.4, -0.2) is 28.9 Å². The van der Waals surface area contributed by atoms with Crippen LogP contribution in [0.1, 0.15) is 81.1 Å². The van der Waals surface area contributed by atoms with Crippen molar-refractivity contribution in [3.63, 3.8) is 0 Å². The van der Waals surface area contributed by atoms with Gasteiger partial charge >= 0.3 is 0 Å². The Balaban J connectivity index is 0.000000334. The fraction of sp³-hybridized carbons (Fsp3) is 0.425. The number of rotatable bonds is 9. The summed E-state index contributed by atoms with van der Waals surface area (Å²) in [6.07, 6.45) is 4.96. The van der Waals surface area contributed by atoms with Crippen molar-refractivity contribution in [2.45, 2.75) is 99.2 Å². The third-order valence-corrected chi connectivity index (χ3v) is 12.2. The summed E-state index contributed by atoms with van der Waals surface area (Å²) in [6.45, 7) is 21.9. The average Bonchev–Trinajstić information content (AvgIpc) is 3.38. The van der Waals surface area contributed by atoms with Crippen molar-refractivity contribution >= 4 is 61.5 Å². The molecule has 253 valence electrons. The first-order valence-corrected chi connectivity index (χ1v) is 21.1. The van der Waals surface area contributed by atoms with Crippen LogP contribution in [0.25, 0.3) is 42.3 Å². The molecule has 0 saturated heterocycles. The molecule has 0 fully saturated rings. The molecule has 2 aromatic heterocycles. The molecule has 0 aliphatic carbocycles. The first-order chi connectivity index (χ1) is 22.1. The summed E-state index contributed by atoms with van der Waals surface area (Å²) in [6, 6.07) is 21.0. The van der Waals surface area contributed by atoms with Crippen LogP contribution in [0.5, 0.6) is 0 Å². The second-order valence-corrected chi connectivity index (χ2v) is 20.4. The zero-order valence-electron chi connectivity index (χ0n) is 30.7. The average molecular weight is 845 g/mol. The molecule has 47 heavy (non-hydrogen) atoms. The number of benzene rings is 3. The molecule has 0 atom stereocenters. The number of thiophene rings is 1. The number of hydrogen-bond donors (Lipinski definition) is 1. The number of aromatic nitrogens is 2. The van der Waals surface area contributed by atoms with Crippen LogP contribution < -0.4 is 5.19 Å². The number of carbonyl (C=O) groups excluding carboxylic acids is 1. The van der Waals surface area contributed by atoms with Crippen molar-refractivity contribution < 1.29 is 31.4 Å². The second kappa shape index (κ2) is 16.1. The Bertz CT molecular complexity index is 1910. The van der Waals surface area contributed by atoms with Crippen LogP contribution in [0.2, 0.25) is 19.6 Å². The van der Waals surface area contributed by atoms with E-state index in [9.17, 15) is 9.90 Å². The minimum atomic E-state index is -1.42. The quantitative estimate of drug-likeness (QED) is 0.0695. The molecule has 0 saturated carbocycles. The third-order valence-electron chi connectivity index (χ3n) is 8.99. The van der Waals surface area contributed by atoms with E-state index in [1.165, 1.54) is 26.9 Å². The van der Waals surface area contributed by atoms with Crippen LogP contribution in [0.4, 0.5) is 0 Å². The van der Waals surface area contributed by atoms with E-state index in [1.54, 1.807) is 11.3 Å². The Morgan fingerprint density at radius 1 is 0.957 bits per heavy atom. The SMILES string of the molecule is CCC(CC)C(=O)/C=C(\O)C(CC)CC.[2H]c1nc(-c2[c-]c3ccccc3c(C(C)(C)C)c2)c2sc3cc([Si](C)(C)C)ccc3c2n1.[Ir]. The molecule has 0 aliphatic rings. The maximum absolute atomic E-state index is 11.7. The number of hydrogen-bond acceptors (Lipinski definition) is 5. The number of aliphatic hydroxyl groups excluding tert-OH is 1. The van der Waals surface area contributed by atoms with Crippen molar-refractivity contribution in [2.75, 3.05) is 0 Å². The van der Waals surface area contributed by atoms with Gasteiger partial charge in [-0.05, 0) is 37.2 Å². The predicted molar refractivity (Wildman–Crippen MR) is 202 cm³/mol. The number of fused-ring (bicyclic) bond motifs is 4. The van der Waals surface area contributed by atoms with Gasteiger partial charge in [0.15, 0.2) is 5.78 Å². The van der Waals surface area contributed by atoms with Crippen LogP contribution in [-0.2, 0) is 30.3 Å². The summed E-state index contributed by atoms with van der Waals surface area (Å²) in [5.41, 5.74) is 3.87. The maximum atomic E-state index is 11.7. The molecule has 0 amide bonds. The van der Waals surface area contributed by atoms with Crippen LogP contribution in [0.15, 0.2) is 66.7 Å². The van der Waals surface area contributed by atoms with Gasteiger partial charge < -0.3 is 5.11 Å². The van der Waals surface area contributed by atoms with Crippen molar-refractivity contribution in [3.8, 4) is 11.3 Å². The summed E-state index contributed by atoms with van der Waals surface area (Å²) < 4.78 is 10.6. The summed E-state index contributed by atoms with van der Waals surface area (Å²) in [7, 11) is -1.42. The smallest absolute Gasteiger partial charge is 0.162 e. The van der Waals surface area contributed by atoms with E-state index in [0.717, 1.165) is 57.9 Å². The zero-order valence-corrected chi connectivity index (χ0v) is 33.9. The Morgan fingerprint density at radius 3 is 2.19 bits per heavy atom. The van der Waals surface area contributed by atoms with Gasteiger partial charge in [0.2, 0.25) is 0 Å². The molecule has 0 aliphatic heterocycles. The monoisotopic (exact) mass is 845 g/mol. The predicted octanol–water partition coefficient (Wildman–Crippen LogP) is 11.2. The van der Waals surface area contributed by atoms with E-state index in [1.807, 2.05) is 27.7 Å². The Labute approximate surface area is 301 Å². The standard InChI is InChI=1S/C27H27N2SSi.C13H24O2.Ir/c1-27(2,3)22-14-18(13-17-9-7-8-10-20(17)22)24-26-25(29-16-28-24)21-12-11-19(31(4,5)6)15-23(21)30-26;1-5-10(6-2)12(14)9-13(15)11(7-3)8-4;/h7-12,14-16H,1-6H3;9-11,14H,5-8H2,1-4H3;/q-1;;/b;12-9-;/i16D;;. The van der Waals surface area contributed by atoms with E-state index in [-0.39, 0.29) is 55.2 Å². The minimum absolute atomic E-state index is 0. The largest absolute Gasteiger partial charge is 0.512 e. The molecule has 0 spiro atoms. The number of nitrogens with zero attached hydrogens (tertiary/aromatic N) is 2. The van der Waals surface area contributed by atoms with Crippen molar-refractivity contribution in [2.24, 2.45) is 11.8 Å². The summed E-state index contributed by atoms with van der Waals surface area (Å²) in [5, 5.41) is 14.6. The van der Waals surface area contributed by atoms with E-state index in [2.05, 4.69) is 105 Å². The molecular weight excluding hydrogens is 793 g/mol. The van der Waals surface area contributed by atoms with Gasteiger partial charge in [0.25, 0.3) is 0 Å². The van der Waals surface area contributed by atoms with E-state index < -0.39 is 8.07 Å². The van der Waals surface area contributed by atoms with Gasteiger partial charge in [-0.25, -0.2) is 4.98 Å². The molecule has 5 rings (SSSR count). The molecule has 0 unspecified atom stereocenters. The Kier molecular flexibility index (Phi) is 12.7. The van der Waals surface area contributed by atoms with E-state index in [0.29, 0.717) is 0 Å². The van der Waals surface area contributed by atoms with Gasteiger partial charge in [0, 0.05) is 58.5 Å². The van der Waals surface area contributed by atoms with Gasteiger partial charge in [-0.3, -0.25) is 9.78 Å². The van der Waals surface area contributed by atoms with Crippen LogP contribution in [0.3, 0.4) is 0 Å². The van der Waals surface area contributed by atoms with Gasteiger partial charge in [-0.2, -0.15) is 0 Å². The van der Waals surface area contributed by atoms with Crippen molar-refractivity contribution in [1.29, 1.82) is 0 Å². The number of aliphatic hydroxyl groups is 1. The second-order valence-electron chi connectivity index (χ2n) is 14.3. The molecule has 7 heteroatoms. The normalized spacial score (nSPS) is 12.8. The fourth-order valence-corrected chi connectivity index (χ4v) is 8.39. The zero-order chi connectivity index (χ0) is 34.7. The van der Waals surface area contributed by atoms with Gasteiger partial charge in [-0.1, -0.05) is 115 Å². The first kappa shape index (κ1) is 37.1. The molecule has 2 heterocycles. The summed E-state index contributed by atoms with van der Waals surface area (Å²) >= 11 is 1.73. The van der Waals surface area contributed by atoms with E-state index in [4.69, 9.17) is 1.37 Å². The number of allylic oxidation sites excluding steroid dienone is 2. The van der Waals surface area contributed by atoms with Gasteiger partial charge in [0.05, 0.1) is 19.3 Å². The molecule has 0 bridgehead atoms. The van der Waals surface area contributed by atoms with Crippen LogP contribution >= 0.6 is 11.3 Å². The van der Waals surface area contributed by atoms with Crippen molar-refractivity contribution in [3.05, 3.63) is 78.3 Å². The third kappa shape index (κ3) is 8.86. The topological polar surface area (TPSA) is 63.1 Å². The van der Waals surface area contributed by atoms with E-state index >= 15 is 0 Å². The molecule has 3 aromatic carbocycles. The molecule has 5 aromatic rings. The summed E-state index contributed by atoms with van der Waals surface area (Å²) in [5.74, 6) is 0.547. The minimum Gasteiger partial charge on any atom is -0.512 e. The number of carbonyl (C=O) groups is 1.